The Morgan fingerprint density at radius 2 is 1.80 bits per heavy atom. The monoisotopic (exact) mass is 311 g/mol. The van der Waals surface area contributed by atoms with E-state index in [1.165, 1.54) is 0 Å². The van der Waals surface area contributed by atoms with Crippen LogP contribution in [0.5, 0.6) is 0 Å². The van der Waals surface area contributed by atoms with Gasteiger partial charge >= 0.3 is 76.5 Å². The molecule has 0 aliphatic carbocycles. The number of nitrogens with zero attached hydrogens (tertiary/aromatic N) is 1. The fraction of sp³-hybridized carbons (Fsp3) is 1.00. The van der Waals surface area contributed by atoms with Crippen LogP contribution >= 0.6 is 17.1 Å². The van der Waals surface area contributed by atoms with Crippen LogP contribution in [0.15, 0.2) is 0 Å². The molecule has 0 heterocycles. The zero-order valence-electron chi connectivity index (χ0n) is 6.56. The zero-order chi connectivity index (χ0) is 8.58. The van der Waals surface area contributed by atoms with Gasteiger partial charge in [-0.2, -0.15) is 0 Å². The first-order chi connectivity index (χ1) is 4.15. The van der Waals surface area contributed by atoms with Gasteiger partial charge in [0.2, 0.25) is 0 Å². The Morgan fingerprint density at radius 1 is 1.50 bits per heavy atom. The average Bonchev–Trinajstić information content (AvgIpc) is 1.59. The summed E-state index contributed by atoms with van der Waals surface area (Å²) < 4.78 is 14.6. The van der Waals surface area contributed by atoms with Crippen molar-refractivity contribution < 1.29 is 4.20 Å². The molecule has 0 rings (SSSR count). The van der Waals surface area contributed by atoms with E-state index in [4.69, 9.17) is 11.2 Å². The van der Waals surface area contributed by atoms with Crippen molar-refractivity contribution in [2.45, 2.75) is 14.8 Å². The van der Waals surface area contributed by atoms with Gasteiger partial charge in [0.15, 0.2) is 0 Å². The van der Waals surface area contributed by atoms with Crippen LogP contribution in [0.3, 0.4) is 0 Å². The van der Waals surface area contributed by atoms with Gasteiger partial charge in [-0.3, -0.25) is 0 Å². The van der Waals surface area contributed by atoms with Crippen LogP contribution in [0.25, 0.3) is 0 Å². The topological polar surface area (TPSA) is 3.24 Å². The molecule has 0 saturated carbocycles. The number of hydrogen-bond acceptors (Lipinski definition) is 1. The van der Waals surface area contributed by atoms with Crippen LogP contribution < -0.4 is 0 Å². The molecular weight excluding hydrogens is 298 g/mol. The summed E-state index contributed by atoms with van der Waals surface area (Å²) in [5, 5.41) is 0. The van der Waals surface area contributed by atoms with E-state index in [1.807, 2.05) is 0 Å². The molecule has 0 spiro atoms. The van der Waals surface area contributed by atoms with E-state index in [0.29, 0.717) is 0 Å². The van der Waals surface area contributed by atoms with Gasteiger partial charge in [0.05, 0.1) is 0 Å². The summed E-state index contributed by atoms with van der Waals surface area (Å²) in [5.41, 5.74) is 0. The fourth-order valence-corrected chi connectivity index (χ4v) is 16.5. The molecule has 0 saturated heterocycles. The third-order valence-electron chi connectivity index (χ3n) is 1.32. The Kier molecular flexibility index (Phi) is 4.14. The zero-order valence-corrected chi connectivity index (χ0v) is 11.9. The van der Waals surface area contributed by atoms with Crippen LogP contribution in [0.4, 0.5) is 4.20 Å². The van der Waals surface area contributed by atoms with Crippen molar-refractivity contribution in [2.75, 3.05) is 7.05 Å². The summed E-state index contributed by atoms with van der Waals surface area (Å²) >= 11 is 7.64. The molecule has 0 aliphatic rings. The van der Waals surface area contributed by atoms with Crippen molar-refractivity contribution in [3.63, 3.8) is 0 Å². The van der Waals surface area contributed by atoms with E-state index in [2.05, 4.69) is 26.6 Å². The van der Waals surface area contributed by atoms with Gasteiger partial charge in [-0.25, -0.2) is 0 Å². The molecule has 6 heteroatoms. The average molecular weight is 310 g/mol. The van der Waals surface area contributed by atoms with Gasteiger partial charge in [0.25, 0.3) is 0 Å². The van der Waals surface area contributed by atoms with Gasteiger partial charge in [0.1, 0.15) is 0 Å². The van der Waals surface area contributed by atoms with Crippen molar-refractivity contribution >= 4 is 47.5 Å². The molecule has 0 amide bonds. The quantitative estimate of drug-likeness (QED) is 0.569. The summed E-state index contributed by atoms with van der Waals surface area (Å²) in [7, 11) is 1.70. The minimum atomic E-state index is -3.15. The van der Waals surface area contributed by atoms with E-state index in [9.17, 15) is 4.20 Å². The summed E-state index contributed by atoms with van der Waals surface area (Å²) in [6.45, 7) is 0. The molecular formula is C4H12ClFNPSSn. The second-order valence-corrected chi connectivity index (χ2v) is 23.4. The van der Waals surface area contributed by atoms with Crippen molar-refractivity contribution in [3.05, 3.63) is 0 Å². The van der Waals surface area contributed by atoms with Crippen molar-refractivity contribution in [1.82, 2.24) is 2.89 Å². The first-order valence-electron chi connectivity index (χ1n) is 2.89. The predicted molar refractivity (Wildman–Crippen MR) is 52.4 cm³/mol. The third kappa shape index (κ3) is 3.86. The molecule has 0 aromatic rings. The van der Waals surface area contributed by atoms with E-state index in [-0.39, 0.29) is 0 Å². The van der Waals surface area contributed by atoms with E-state index < -0.39 is 24.5 Å². The maximum absolute atomic E-state index is 12.9. The van der Waals surface area contributed by atoms with Crippen LogP contribution in [0, 0.1) is 0 Å². The Morgan fingerprint density at radius 3 is 1.80 bits per heavy atom. The molecule has 10 heavy (non-hydrogen) atoms. The Bertz CT molecular complexity index is 165. The maximum atomic E-state index is 12.9. The Labute approximate surface area is 76.1 Å². The summed E-state index contributed by atoms with van der Waals surface area (Å²) in [6.07, 6.45) is 0. The molecule has 1 unspecified atom stereocenters. The summed E-state index contributed by atoms with van der Waals surface area (Å²) in [4.78, 5) is 6.24. The van der Waals surface area contributed by atoms with E-state index in [0.717, 1.165) is 0 Å². The Balaban J connectivity index is 4.39. The van der Waals surface area contributed by atoms with Crippen LogP contribution in [-0.2, 0) is 11.8 Å². The molecule has 0 aromatic heterocycles. The van der Waals surface area contributed by atoms with Gasteiger partial charge < -0.3 is 0 Å². The Hall–Kier alpha value is 1.63. The van der Waals surface area contributed by atoms with Crippen LogP contribution in [0.1, 0.15) is 0 Å². The van der Waals surface area contributed by atoms with Gasteiger partial charge in [-0.1, -0.05) is 0 Å². The van der Waals surface area contributed by atoms with Crippen molar-refractivity contribution in [1.29, 1.82) is 0 Å². The number of hydrogen-bond donors (Lipinski definition) is 0. The van der Waals surface area contributed by atoms with Crippen LogP contribution in [-0.4, -0.2) is 28.6 Å². The second-order valence-electron chi connectivity index (χ2n) is 3.13. The fourth-order valence-electron chi connectivity index (χ4n) is 0.349. The van der Waals surface area contributed by atoms with Crippen molar-refractivity contribution in [3.8, 4) is 0 Å². The standard InChI is InChI=1S/CH3ClFNPS.3CH3.Sn/c1-4-5(2,3)6;;;;/h1H3;3*1H3;/q-1;;;;+1. The van der Waals surface area contributed by atoms with Crippen LogP contribution in [0.2, 0.25) is 14.8 Å². The molecule has 0 aliphatic heterocycles. The van der Waals surface area contributed by atoms with Gasteiger partial charge in [-0.15, -0.1) is 0 Å². The minimum absolute atomic E-state index is 1.61. The summed E-state index contributed by atoms with van der Waals surface area (Å²) in [6, 6.07) is 0. The van der Waals surface area contributed by atoms with Gasteiger partial charge in [0, 0.05) is 0 Å². The predicted octanol–water partition coefficient (Wildman–Crippen LogP) is 3.19. The normalized spacial score (nSPS) is 19.1. The molecule has 0 bridgehead atoms. The van der Waals surface area contributed by atoms with E-state index in [1.54, 1.807) is 9.94 Å². The number of halogens is 2. The van der Waals surface area contributed by atoms with E-state index >= 15 is 0 Å². The SMILES string of the molecule is C[N](P(F)(=S)Cl)[Sn]([CH3])([CH3])[CH3]. The molecule has 0 N–H and O–H groups in total. The second kappa shape index (κ2) is 3.56. The first kappa shape index (κ1) is 11.6. The summed E-state index contributed by atoms with van der Waals surface area (Å²) in [5.74, 6) is -3.15. The molecule has 62 valence electrons. The first-order valence-corrected chi connectivity index (χ1v) is 16.3. The number of rotatable bonds is 2. The molecule has 1 nitrogen and oxygen atoms in total. The molecule has 0 aromatic carbocycles. The third-order valence-corrected chi connectivity index (χ3v) is 17.7. The van der Waals surface area contributed by atoms with Gasteiger partial charge in [-0.05, 0) is 0 Å². The van der Waals surface area contributed by atoms with Crippen molar-refractivity contribution in [2.24, 2.45) is 0 Å². The molecule has 1 atom stereocenters. The molecule has 0 radical (unpaired) electrons. The molecule has 0 fully saturated rings.